The summed E-state index contributed by atoms with van der Waals surface area (Å²) in [6, 6.07) is 12.3. The van der Waals surface area contributed by atoms with Crippen LogP contribution >= 0.6 is 34.5 Å². The van der Waals surface area contributed by atoms with Gasteiger partial charge in [0.05, 0.1) is 16.6 Å². The molecule has 0 aliphatic carbocycles. The van der Waals surface area contributed by atoms with Crippen molar-refractivity contribution in [2.24, 2.45) is 0 Å². The van der Waals surface area contributed by atoms with Crippen LogP contribution in [-0.2, 0) is 22.6 Å². The Morgan fingerprint density at radius 2 is 1.80 bits per heavy atom. The highest BCUT2D eigenvalue weighted by atomic mass is 35.5. The van der Waals surface area contributed by atoms with Gasteiger partial charge in [-0.15, -0.1) is 11.3 Å². The van der Waals surface area contributed by atoms with E-state index in [9.17, 15) is 14.4 Å². The van der Waals surface area contributed by atoms with E-state index in [1.54, 1.807) is 60.1 Å². The molecule has 3 rings (SSSR count). The molecule has 154 valence electrons. The van der Waals surface area contributed by atoms with Crippen molar-refractivity contribution in [3.05, 3.63) is 86.3 Å². The van der Waals surface area contributed by atoms with E-state index < -0.39 is 23.6 Å². The molecule has 1 atom stereocenters. The van der Waals surface area contributed by atoms with Gasteiger partial charge in [-0.2, -0.15) is 0 Å². The lowest BCUT2D eigenvalue weighted by molar-refractivity contribution is -0.139. The molecule has 2 aromatic carbocycles. The first kappa shape index (κ1) is 22.0. The van der Waals surface area contributed by atoms with Gasteiger partial charge in [-0.05, 0) is 29.8 Å². The Kier molecular flexibility index (Phi) is 7.57. The number of hydrogen-bond acceptors (Lipinski definition) is 5. The molecule has 6 nitrogen and oxygen atoms in total. The normalized spacial score (nSPS) is 11.5. The Balaban J connectivity index is 1.76. The van der Waals surface area contributed by atoms with E-state index in [1.165, 1.54) is 11.3 Å². The van der Waals surface area contributed by atoms with E-state index in [2.05, 4.69) is 15.6 Å². The fraction of sp³-hybridized carbons (Fsp3) is 0.143. The molecule has 0 spiro atoms. The van der Waals surface area contributed by atoms with Gasteiger partial charge in [-0.1, -0.05) is 47.5 Å². The molecule has 0 aliphatic rings. The zero-order valence-electron chi connectivity index (χ0n) is 15.6. The minimum Gasteiger partial charge on any atom is -0.343 e. The van der Waals surface area contributed by atoms with Crippen LogP contribution in [0.5, 0.6) is 0 Å². The van der Waals surface area contributed by atoms with E-state index in [4.69, 9.17) is 23.2 Å². The van der Waals surface area contributed by atoms with Crippen LogP contribution < -0.4 is 10.6 Å². The first-order chi connectivity index (χ1) is 14.4. The Labute approximate surface area is 187 Å². The molecule has 9 heteroatoms. The number of carbonyl (C=O) groups excluding carboxylic acids is 3. The van der Waals surface area contributed by atoms with Crippen molar-refractivity contribution in [3.63, 3.8) is 0 Å². The maximum atomic E-state index is 12.8. The van der Waals surface area contributed by atoms with Gasteiger partial charge in [0.15, 0.2) is 0 Å². The van der Waals surface area contributed by atoms with Crippen LogP contribution in [0.3, 0.4) is 0 Å². The summed E-state index contributed by atoms with van der Waals surface area (Å²) in [7, 11) is 0. The fourth-order valence-corrected chi connectivity index (χ4v) is 3.56. The Bertz CT molecular complexity index is 1040. The molecule has 2 N–H and O–H groups in total. The number of Topliss-reactive ketones (excluding diaryl/α,β-unsaturated/α-hetero) is 1. The topological polar surface area (TPSA) is 88.2 Å². The van der Waals surface area contributed by atoms with E-state index >= 15 is 0 Å². The molecule has 3 aromatic rings. The SMILES string of the molecule is O=C(NCc1nccs1)C(=O)[C@@H](Cc1ccc(Cl)c(Cl)c1)NC(=O)c1ccccc1. The van der Waals surface area contributed by atoms with Crippen molar-refractivity contribution in [3.8, 4) is 0 Å². The summed E-state index contributed by atoms with van der Waals surface area (Å²) in [4.78, 5) is 41.9. The molecule has 2 amide bonds. The third-order valence-corrected chi connectivity index (χ3v) is 5.71. The molecule has 0 aliphatic heterocycles. The maximum Gasteiger partial charge on any atom is 0.289 e. The van der Waals surface area contributed by atoms with Crippen molar-refractivity contribution < 1.29 is 14.4 Å². The minimum atomic E-state index is -1.08. The minimum absolute atomic E-state index is 0.0823. The Morgan fingerprint density at radius 3 is 2.47 bits per heavy atom. The second kappa shape index (κ2) is 10.3. The molecule has 0 bridgehead atoms. The van der Waals surface area contributed by atoms with Gasteiger partial charge in [-0.3, -0.25) is 14.4 Å². The smallest absolute Gasteiger partial charge is 0.289 e. The molecule has 1 heterocycles. The summed E-state index contributed by atoms with van der Waals surface area (Å²) in [5.74, 6) is -2.02. The van der Waals surface area contributed by atoms with Crippen LogP contribution in [0.25, 0.3) is 0 Å². The third kappa shape index (κ3) is 5.89. The second-order valence-electron chi connectivity index (χ2n) is 6.32. The Morgan fingerprint density at radius 1 is 1.03 bits per heavy atom. The summed E-state index contributed by atoms with van der Waals surface area (Å²) in [6.45, 7) is 0.133. The maximum absolute atomic E-state index is 12.8. The van der Waals surface area contributed by atoms with Gasteiger partial charge in [0.2, 0.25) is 5.78 Å². The van der Waals surface area contributed by atoms with E-state index in [-0.39, 0.29) is 13.0 Å². The lowest BCUT2D eigenvalue weighted by Gasteiger charge is -2.18. The molecule has 0 fully saturated rings. The van der Waals surface area contributed by atoms with Gasteiger partial charge in [0, 0.05) is 23.6 Å². The quantitative estimate of drug-likeness (QED) is 0.500. The van der Waals surface area contributed by atoms with Crippen molar-refractivity contribution in [1.29, 1.82) is 0 Å². The number of ketones is 1. The number of thiazole rings is 1. The summed E-state index contributed by atoms with van der Waals surface area (Å²) in [6.07, 6.45) is 1.69. The first-order valence-corrected chi connectivity index (χ1v) is 10.6. The van der Waals surface area contributed by atoms with Gasteiger partial charge in [-0.25, -0.2) is 4.98 Å². The number of nitrogens with one attached hydrogen (secondary N) is 2. The summed E-state index contributed by atoms with van der Waals surface area (Å²) >= 11 is 13.4. The molecule has 0 saturated carbocycles. The van der Waals surface area contributed by atoms with Crippen molar-refractivity contribution >= 4 is 52.1 Å². The number of amides is 2. The van der Waals surface area contributed by atoms with Crippen LogP contribution in [0.2, 0.25) is 10.0 Å². The van der Waals surface area contributed by atoms with Crippen LogP contribution in [0, 0.1) is 0 Å². The number of nitrogens with zero attached hydrogens (tertiary/aromatic N) is 1. The largest absolute Gasteiger partial charge is 0.343 e. The lowest BCUT2D eigenvalue weighted by Crippen LogP contribution is -2.48. The number of benzene rings is 2. The second-order valence-corrected chi connectivity index (χ2v) is 8.11. The molecule has 0 radical (unpaired) electrons. The monoisotopic (exact) mass is 461 g/mol. The van der Waals surface area contributed by atoms with Crippen molar-refractivity contribution in [2.45, 2.75) is 19.0 Å². The highest BCUT2D eigenvalue weighted by Gasteiger charge is 2.27. The number of rotatable bonds is 8. The summed E-state index contributed by atoms with van der Waals surface area (Å²) < 4.78 is 0. The molecule has 30 heavy (non-hydrogen) atoms. The average molecular weight is 462 g/mol. The number of aromatic nitrogens is 1. The van der Waals surface area contributed by atoms with Crippen LogP contribution in [0.15, 0.2) is 60.1 Å². The van der Waals surface area contributed by atoms with E-state index in [0.717, 1.165) is 0 Å². The fourth-order valence-electron chi connectivity index (χ4n) is 2.68. The van der Waals surface area contributed by atoms with E-state index in [1.807, 2.05) is 0 Å². The molecule has 0 saturated heterocycles. The zero-order valence-corrected chi connectivity index (χ0v) is 17.9. The third-order valence-electron chi connectivity index (χ3n) is 4.19. The van der Waals surface area contributed by atoms with Gasteiger partial charge >= 0.3 is 0 Å². The van der Waals surface area contributed by atoms with Gasteiger partial charge in [0.1, 0.15) is 11.0 Å². The number of carbonyl (C=O) groups is 3. The highest BCUT2D eigenvalue weighted by molar-refractivity contribution is 7.09. The standard InChI is InChI=1S/C21H17Cl2N3O3S/c22-15-7-6-13(10-16(15)23)11-17(26-20(28)14-4-2-1-3-5-14)19(27)21(29)25-12-18-24-8-9-30-18/h1-10,17H,11-12H2,(H,25,29)(H,26,28)/t17-/m1/s1. The molecule has 0 unspecified atom stereocenters. The van der Waals surface area contributed by atoms with Crippen LogP contribution in [0.1, 0.15) is 20.9 Å². The summed E-state index contributed by atoms with van der Waals surface area (Å²) in [5.41, 5.74) is 1.04. The Hall–Kier alpha value is -2.74. The van der Waals surface area contributed by atoms with Crippen molar-refractivity contribution in [1.82, 2.24) is 15.6 Å². The highest BCUT2D eigenvalue weighted by Crippen LogP contribution is 2.23. The van der Waals surface area contributed by atoms with Crippen LogP contribution in [0.4, 0.5) is 0 Å². The van der Waals surface area contributed by atoms with Gasteiger partial charge < -0.3 is 10.6 Å². The van der Waals surface area contributed by atoms with Gasteiger partial charge in [0.25, 0.3) is 11.8 Å². The lowest BCUT2D eigenvalue weighted by atomic mass is 10.0. The molecule has 1 aromatic heterocycles. The predicted molar refractivity (Wildman–Crippen MR) is 117 cm³/mol. The first-order valence-electron chi connectivity index (χ1n) is 8.94. The molecular formula is C21H17Cl2N3O3S. The average Bonchev–Trinajstić information content (AvgIpc) is 3.28. The molecular weight excluding hydrogens is 445 g/mol. The number of halogens is 2. The predicted octanol–water partition coefficient (Wildman–Crippen LogP) is 3.68. The van der Waals surface area contributed by atoms with Crippen LogP contribution in [-0.4, -0.2) is 28.6 Å². The number of hydrogen-bond donors (Lipinski definition) is 2. The summed E-state index contributed by atoms with van der Waals surface area (Å²) in [5, 5.41) is 8.34. The van der Waals surface area contributed by atoms with E-state index in [0.29, 0.717) is 26.2 Å². The zero-order chi connectivity index (χ0) is 21.5. The van der Waals surface area contributed by atoms with Crippen molar-refractivity contribution in [2.75, 3.05) is 0 Å².